The third kappa shape index (κ3) is 5.26. The third-order valence-electron chi connectivity index (χ3n) is 4.60. The van der Waals surface area contributed by atoms with Crippen LogP contribution in [0.3, 0.4) is 0 Å². The van der Waals surface area contributed by atoms with E-state index >= 15 is 0 Å². The van der Waals surface area contributed by atoms with Gasteiger partial charge < -0.3 is 10.2 Å². The van der Waals surface area contributed by atoms with Gasteiger partial charge in [0.15, 0.2) is 0 Å². The first-order chi connectivity index (χ1) is 13.5. The maximum atomic E-state index is 13.6. The number of piperazine rings is 1. The molecule has 1 saturated heterocycles. The number of benzene rings is 1. The number of aromatic nitrogens is 1. The number of hydrogen-bond donors (Lipinski definition) is 1. The summed E-state index contributed by atoms with van der Waals surface area (Å²) >= 11 is 0. The third-order valence-corrected chi connectivity index (χ3v) is 6.47. The van der Waals surface area contributed by atoms with E-state index in [9.17, 15) is 17.6 Å². The van der Waals surface area contributed by atoms with E-state index in [1.165, 1.54) is 16.4 Å². The lowest BCUT2D eigenvalue weighted by Crippen LogP contribution is -2.50. The van der Waals surface area contributed by atoms with Gasteiger partial charge in [0, 0.05) is 38.9 Å². The number of anilines is 1. The zero-order valence-electron chi connectivity index (χ0n) is 15.4. The van der Waals surface area contributed by atoms with Crippen molar-refractivity contribution in [2.24, 2.45) is 0 Å². The molecule has 0 aliphatic carbocycles. The molecule has 1 aliphatic rings. The monoisotopic (exact) mass is 406 g/mol. The Morgan fingerprint density at radius 3 is 2.46 bits per heavy atom. The smallest absolute Gasteiger partial charge is 0.224 e. The summed E-state index contributed by atoms with van der Waals surface area (Å²) in [7, 11) is -3.47. The second-order valence-corrected chi connectivity index (χ2v) is 8.60. The lowest BCUT2D eigenvalue weighted by molar-refractivity contribution is -0.120. The number of nitrogens with one attached hydrogen (secondary N) is 1. The number of halogens is 1. The SMILES string of the molecule is O=C(Cc1ccccc1F)NCCS(=O)(=O)N1CCN(c2ccccn2)CC1. The normalized spacial score (nSPS) is 15.4. The van der Waals surface area contributed by atoms with E-state index in [0.29, 0.717) is 26.2 Å². The van der Waals surface area contributed by atoms with Crippen molar-refractivity contribution < 1.29 is 17.6 Å². The Morgan fingerprint density at radius 2 is 1.79 bits per heavy atom. The van der Waals surface area contributed by atoms with Gasteiger partial charge in [0.1, 0.15) is 11.6 Å². The van der Waals surface area contributed by atoms with Gasteiger partial charge in [-0.05, 0) is 23.8 Å². The van der Waals surface area contributed by atoms with Gasteiger partial charge in [-0.15, -0.1) is 0 Å². The molecule has 0 atom stereocenters. The minimum absolute atomic E-state index is 0.00389. The Kier molecular flexibility index (Phi) is 6.58. The summed E-state index contributed by atoms with van der Waals surface area (Å²) in [6.07, 6.45) is 1.60. The lowest BCUT2D eigenvalue weighted by Gasteiger charge is -2.34. The summed E-state index contributed by atoms with van der Waals surface area (Å²) in [4.78, 5) is 18.3. The summed E-state index contributed by atoms with van der Waals surface area (Å²) in [6.45, 7) is 1.88. The highest BCUT2D eigenvalue weighted by Crippen LogP contribution is 2.14. The van der Waals surface area contributed by atoms with Crippen molar-refractivity contribution in [3.63, 3.8) is 0 Å². The van der Waals surface area contributed by atoms with Crippen LogP contribution in [0.25, 0.3) is 0 Å². The van der Waals surface area contributed by atoms with E-state index in [4.69, 9.17) is 0 Å². The predicted molar refractivity (Wildman–Crippen MR) is 105 cm³/mol. The molecule has 150 valence electrons. The van der Waals surface area contributed by atoms with Gasteiger partial charge in [0.05, 0.1) is 12.2 Å². The molecule has 1 fully saturated rings. The highest BCUT2D eigenvalue weighted by molar-refractivity contribution is 7.89. The van der Waals surface area contributed by atoms with Crippen LogP contribution in [-0.4, -0.2) is 62.1 Å². The summed E-state index contributed by atoms with van der Waals surface area (Å²) in [6, 6.07) is 11.7. The van der Waals surface area contributed by atoms with Crippen molar-refractivity contribution in [1.82, 2.24) is 14.6 Å². The minimum atomic E-state index is -3.47. The molecule has 2 aromatic rings. The quantitative estimate of drug-likeness (QED) is 0.743. The average Bonchev–Trinajstić information content (AvgIpc) is 2.70. The zero-order valence-corrected chi connectivity index (χ0v) is 16.2. The number of sulfonamides is 1. The topological polar surface area (TPSA) is 82.6 Å². The first-order valence-electron chi connectivity index (χ1n) is 9.09. The van der Waals surface area contributed by atoms with E-state index < -0.39 is 21.7 Å². The Hall–Kier alpha value is -2.52. The fourth-order valence-corrected chi connectivity index (χ4v) is 4.40. The zero-order chi connectivity index (χ0) is 20.0. The number of pyridine rings is 1. The number of amides is 1. The van der Waals surface area contributed by atoms with Crippen LogP contribution in [-0.2, 0) is 21.2 Å². The lowest BCUT2D eigenvalue weighted by atomic mass is 10.1. The Balaban J connectivity index is 1.44. The fourth-order valence-electron chi connectivity index (χ4n) is 3.06. The van der Waals surface area contributed by atoms with Crippen LogP contribution in [0.5, 0.6) is 0 Å². The number of rotatable bonds is 7. The van der Waals surface area contributed by atoms with Crippen molar-refractivity contribution in [2.45, 2.75) is 6.42 Å². The Morgan fingerprint density at radius 1 is 1.07 bits per heavy atom. The van der Waals surface area contributed by atoms with Gasteiger partial charge >= 0.3 is 0 Å². The van der Waals surface area contributed by atoms with E-state index in [1.807, 2.05) is 23.1 Å². The van der Waals surface area contributed by atoms with Crippen molar-refractivity contribution in [2.75, 3.05) is 43.4 Å². The Bertz CT molecular complexity index is 900. The minimum Gasteiger partial charge on any atom is -0.355 e. The second kappa shape index (κ2) is 9.11. The number of carbonyl (C=O) groups is 1. The molecule has 9 heteroatoms. The van der Waals surface area contributed by atoms with E-state index in [-0.39, 0.29) is 24.3 Å². The molecule has 1 aromatic carbocycles. The van der Waals surface area contributed by atoms with Crippen LogP contribution in [0, 0.1) is 5.82 Å². The van der Waals surface area contributed by atoms with Gasteiger partial charge in [0.25, 0.3) is 0 Å². The molecule has 3 rings (SSSR count). The maximum absolute atomic E-state index is 13.6. The molecule has 1 amide bonds. The van der Waals surface area contributed by atoms with Crippen molar-refractivity contribution in [3.05, 3.63) is 60.0 Å². The molecule has 0 bridgehead atoms. The van der Waals surface area contributed by atoms with Gasteiger partial charge in [-0.2, -0.15) is 4.31 Å². The van der Waals surface area contributed by atoms with Gasteiger partial charge in [-0.25, -0.2) is 17.8 Å². The molecule has 0 spiro atoms. The first-order valence-corrected chi connectivity index (χ1v) is 10.7. The molecule has 28 heavy (non-hydrogen) atoms. The van der Waals surface area contributed by atoms with Crippen molar-refractivity contribution >= 4 is 21.7 Å². The largest absolute Gasteiger partial charge is 0.355 e. The second-order valence-electron chi connectivity index (χ2n) is 6.51. The molecule has 0 unspecified atom stereocenters. The summed E-state index contributed by atoms with van der Waals surface area (Å²) < 4.78 is 40.0. The molecule has 1 aliphatic heterocycles. The maximum Gasteiger partial charge on any atom is 0.224 e. The van der Waals surface area contributed by atoms with Crippen LogP contribution >= 0.6 is 0 Å². The van der Waals surface area contributed by atoms with Crippen LogP contribution in [0.2, 0.25) is 0 Å². The van der Waals surface area contributed by atoms with Gasteiger partial charge in [-0.3, -0.25) is 4.79 Å². The number of hydrogen-bond acceptors (Lipinski definition) is 5. The highest BCUT2D eigenvalue weighted by Gasteiger charge is 2.27. The summed E-state index contributed by atoms with van der Waals surface area (Å²) in [5.74, 6) is -0.198. The molecule has 1 N–H and O–H groups in total. The molecular weight excluding hydrogens is 383 g/mol. The first kappa shape index (κ1) is 20.2. The van der Waals surface area contributed by atoms with Crippen molar-refractivity contribution in [1.29, 1.82) is 0 Å². The van der Waals surface area contributed by atoms with Crippen LogP contribution in [0.4, 0.5) is 10.2 Å². The van der Waals surface area contributed by atoms with E-state index in [2.05, 4.69) is 10.3 Å². The Labute approximate surface area is 164 Å². The standard InChI is InChI=1S/C19H23FN4O3S/c20-17-6-2-1-5-16(17)15-19(25)22-9-14-28(26,27)24-12-10-23(11-13-24)18-7-3-4-8-21-18/h1-8H,9-15H2,(H,22,25). The fraction of sp³-hybridized carbons (Fsp3) is 0.368. The predicted octanol–water partition coefficient (Wildman–Crippen LogP) is 1.03. The highest BCUT2D eigenvalue weighted by atomic mass is 32.2. The van der Waals surface area contributed by atoms with Crippen LogP contribution in [0.1, 0.15) is 5.56 Å². The number of nitrogens with zero attached hydrogens (tertiary/aromatic N) is 3. The summed E-state index contributed by atoms with van der Waals surface area (Å²) in [5.41, 5.74) is 0.286. The molecule has 0 radical (unpaired) electrons. The molecule has 1 aromatic heterocycles. The number of carbonyl (C=O) groups excluding carboxylic acids is 1. The average molecular weight is 406 g/mol. The van der Waals surface area contributed by atoms with Gasteiger partial charge in [-0.1, -0.05) is 24.3 Å². The molecule has 0 saturated carbocycles. The van der Waals surface area contributed by atoms with E-state index in [1.54, 1.807) is 18.3 Å². The van der Waals surface area contributed by atoms with E-state index in [0.717, 1.165) is 5.82 Å². The van der Waals surface area contributed by atoms with Crippen molar-refractivity contribution in [3.8, 4) is 0 Å². The molecule has 2 heterocycles. The summed E-state index contributed by atoms with van der Waals surface area (Å²) in [5, 5.41) is 2.56. The van der Waals surface area contributed by atoms with Crippen LogP contribution < -0.4 is 10.2 Å². The van der Waals surface area contributed by atoms with Gasteiger partial charge in [0.2, 0.25) is 15.9 Å². The molecular formula is C19H23FN4O3S. The van der Waals surface area contributed by atoms with Crippen LogP contribution in [0.15, 0.2) is 48.7 Å². The molecule has 7 nitrogen and oxygen atoms in total.